The highest BCUT2D eigenvalue weighted by atomic mass is 32.2. The van der Waals surface area contributed by atoms with Crippen molar-refractivity contribution in [2.75, 3.05) is 18.9 Å². The van der Waals surface area contributed by atoms with Crippen molar-refractivity contribution in [3.05, 3.63) is 16.2 Å². The summed E-state index contributed by atoms with van der Waals surface area (Å²) in [4.78, 5) is 21.7. The molecule has 1 rings (SSSR count). The molecule has 0 aromatic carbocycles. The Bertz CT molecular complexity index is 640. The van der Waals surface area contributed by atoms with Gasteiger partial charge in [0, 0.05) is 19.7 Å². The van der Waals surface area contributed by atoms with Crippen molar-refractivity contribution in [1.29, 1.82) is 0 Å². The van der Waals surface area contributed by atoms with Crippen LogP contribution in [0.5, 0.6) is 0 Å². The molecule has 21 heavy (non-hydrogen) atoms. The zero-order chi connectivity index (χ0) is 16.2. The number of nitrogens with one attached hydrogen (secondary N) is 3. The molecule has 0 saturated heterocycles. The molecule has 1 aromatic rings. The number of likely N-dealkylation sites (N-methyl/N-ethyl adjacent to an activating group) is 1. The van der Waals surface area contributed by atoms with Crippen LogP contribution in [0.2, 0.25) is 0 Å². The number of thiophene rings is 1. The zero-order valence-corrected chi connectivity index (χ0v) is 13.3. The Kier molecular flexibility index (Phi) is 5.63. The number of nitro groups is 1. The molecule has 1 atom stereocenters. The Labute approximate surface area is 125 Å². The first-order chi connectivity index (χ1) is 9.72. The lowest BCUT2D eigenvalue weighted by molar-refractivity contribution is -0.383. The van der Waals surface area contributed by atoms with E-state index in [-0.39, 0.29) is 14.9 Å². The maximum atomic E-state index is 12.1. The van der Waals surface area contributed by atoms with Gasteiger partial charge in [0.05, 0.1) is 11.0 Å². The van der Waals surface area contributed by atoms with Crippen molar-refractivity contribution < 1.29 is 18.1 Å². The van der Waals surface area contributed by atoms with Crippen molar-refractivity contribution >= 4 is 38.0 Å². The van der Waals surface area contributed by atoms with Crippen LogP contribution in [0.4, 0.5) is 10.7 Å². The molecule has 0 aliphatic rings. The standard InChI is InChI=1S/C10H16N4O5S2/c1-4-12-9(15)6(2)13-21(18,19)8-5-7(14(16)17)10(11-3)20-8/h5-6,11,13H,4H2,1-3H3,(H,12,15). The van der Waals surface area contributed by atoms with Crippen LogP contribution >= 0.6 is 11.3 Å². The minimum Gasteiger partial charge on any atom is -0.374 e. The maximum absolute atomic E-state index is 12.1. The lowest BCUT2D eigenvalue weighted by Crippen LogP contribution is -2.44. The summed E-state index contributed by atoms with van der Waals surface area (Å²) in [6.07, 6.45) is 0. The van der Waals surface area contributed by atoms with Gasteiger partial charge in [0.1, 0.15) is 4.21 Å². The van der Waals surface area contributed by atoms with Gasteiger partial charge in [-0.05, 0) is 13.8 Å². The van der Waals surface area contributed by atoms with Crippen molar-refractivity contribution in [2.24, 2.45) is 0 Å². The van der Waals surface area contributed by atoms with Gasteiger partial charge in [-0.2, -0.15) is 4.72 Å². The van der Waals surface area contributed by atoms with E-state index in [1.165, 1.54) is 14.0 Å². The van der Waals surface area contributed by atoms with E-state index in [9.17, 15) is 23.3 Å². The fraction of sp³-hybridized carbons (Fsp3) is 0.500. The number of hydrogen-bond acceptors (Lipinski definition) is 7. The van der Waals surface area contributed by atoms with Gasteiger partial charge in [-0.1, -0.05) is 11.3 Å². The van der Waals surface area contributed by atoms with E-state index in [1.807, 2.05) is 0 Å². The molecule has 0 aliphatic carbocycles. The van der Waals surface area contributed by atoms with Crippen LogP contribution in [0.25, 0.3) is 0 Å². The normalized spacial score (nSPS) is 12.7. The van der Waals surface area contributed by atoms with Gasteiger partial charge in [-0.15, -0.1) is 0 Å². The Morgan fingerprint density at radius 3 is 2.57 bits per heavy atom. The average molecular weight is 336 g/mol. The second kappa shape index (κ2) is 6.83. The van der Waals surface area contributed by atoms with Crippen LogP contribution in [0, 0.1) is 10.1 Å². The van der Waals surface area contributed by atoms with Gasteiger partial charge < -0.3 is 10.6 Å². The molecule has 0 bridgehead atoms. The molecule has 0 saturated carbocycles. The molecule has 11 heteroatoms. The van der Waals surface area contributed by atoms with E-state index in [4.69, 9.17) is 0 Å². The molecule has 0 radical (unpaired) electrons. The molecule has 0 fully saturated rings. The largest absolute Gasteiger partial charge is 0.374 e. The van der Waals surface area contributed by atoms with Gasteiger partial charge in [-0.25, -0.2) is 8.42 Å². The van der Waals surface area contributed by atoms with Crippen LogP contribution in [0.1, 0.15) is 13.8 Å². The second-order valence-corrected chi connectivity index (χ2v) is 7.02. The number of carbonyl (C=O) groups is 1. The average Bonchev–Trinajstić information content (AvgIpc) is 2.83. The van der Waals surface area contributed by atoms with Gasteiger partial charge in [0.25, 0.3) is 10.0 Å². The predicted octanol–water partition coefficient (Wildman–Crippen LogP) is 0.501. The molecule has 1 amide bonds. The highest BCUT2D eigenvalue weighted by molar-refractivity contribution is 7.91. The summed E-state index contributed by atoms with van der Waals surface area (Å²) in [5.41, 5.74) is -0.325. The van der Waals surface area contributed by atoms with Crippen LogP contribution in [0.15, 0.2) is 10.3 Å². The first-order valence-corrected chi connectivity index (χ1v) is 8.29. The highest BCUT2D eigenvalue weighted by Crippen LogP contribution is 2.36. The molecule has 0 aliphatic heterocycles. The van der Waals surface area contributed by atoms with E-state index in [0.717, 1.165) is 17.4 Å². The molecule has 118 valence electrons. The third-order valence-electron chi connectivity index (χ3n) is 2.45. The molecule has 1 aromatic heterocycles. The van der Waals surface area contributed by atoms with E-state index in [2.05, 4.69) is 15.4 Å². The number of carbonyl (C=O) groups excluding carboxylic acids is 1. The third kappa shape index (κ3) is 4.12. The molecule has 3 N–H and O–H groups in total. The number of hydrogen-bond donors (Lipinski definition) is 3. The summed E-state index contributed by atoms with van der Waals surface area (Å²) in [6, 6.07) is -0.0161. The Morgan fingerprint density at radius 1 is 1.52 bits per heavy atom. The maximum Gasteiger partial charge on any atom is 0.304 e. The van der Waals surface area contributed by atoms with Gasteiger partial charge in [-0.3, -0.25) is 14.9 Å². The fourth-order valence-corrected chi connectivity index (χ4v) is 3.98. The second-order valence-electron chi connectivity index (χ2n) is 4.02. The predicted molar refractivity (Wildman–Crippen MR) is 79.0 cm³/mol. The summed E-state index contributed by atoms with van der Waals surface area (Å²) < 4.78 is 26.2. The van der Waals surface area contributed by atoms with E-state index < -0.39 is 26.9 Å². The minimum absolute atomic E-state index is 0.131. The van der Waals surface area contributed by atoms with E-state index in [0.29, 0.717) is 6.54 Å². The highest BCUT2D eigenvalue weighted by Gasteiger charge is 2.28. The lowest BCUT2D eigenvalue weighted by atomic mass is 10.3. The number of anilines is 1. The number of rotatable bonds is 7. The van der Waals surface area contributed by atoms with Crippen molar-refractivity contribution in [1.82, 2.24) is 10.0 Å². The minimum atomic E-state index is -4.00. The molecule has 1 unspecified atom stereocenters. The fourth-order valence-electron chi connectivity index (χ4n) is 1.48. The summed E-state index contributed by atoms with van der Waals surface area (Å²) in [7, 11) is -2.55. The van der Waals surface area contributed by atoms with E-state index in [1.54, 1.807) is 6.92 Å². The van der Waals surface area contributed by atoms with Gasteiger partial charge in [0.2, 0.25) is 5.91 Å². The third-order valence-corrected chi connectivity index (χ3v) is 5.61. The molecule has 1 heterocycles. The summed E-state index contributed by atoms with van der Waals surface area (Å²) in [6.45, 7) is 3.48. The monoisotopic (exact) mass is 336 g/mol. The van der Waals surface area contributed by atoms with Crippen molar-refractivity contribution in [3.8, 4) is 0 Å². The smallest absolute Gasteiger partial charge is 0.304 e. The SMILES string of the molecule is CCNC(=O)C(C)NS(=O)(=O)c1cc([N+](=O)[O-])c(NC)s1. The first-order valence-electron chi connectivity index (χ1n) is 5.99. The topological polar surface area (TPSA) is 130 Å². The quantitative estimate of drug-likeness (QED) is 0.491. The Morgan fingerprint density at radius 2 is 2.14 bits per heavy atom. The molecule has 0 spiro atoms. The Hall–Kier alpha value is -1.72. The summed E-state index contributed by atoms with van der Waals surface area (Å²) >= 11 is 0.727. The van der Waals surface area contributed by atoms with Crippen LogP contribution < -0.4 is 15.4 Å². The molecular formula is C10H16N4O5S2. The number of sulfonamides is 1. The van der Waals surface area contributed by atoms with Crippen molar-refractivity contribution in [2.45, 2.75) is 24.1 Å². The van der Waals surface area contributed by atoms with E-state index >= 15 is 0 Å². The first kappa shape index (κ1) is 17.3. The van der Waals surface area contributed by atoms with Crippen LogP contribution in [-0.4, -0.2) is 38.9 Å². The van der Waals surface area contributed by atoms with Crippen molar-refractivity contribution in [3.63, 3.8) is 0 Å². The van der Waals surface area contributed by atoms with Gasteiger partial charge in [0.15, 0.2) is 5.00 Å². The zero-order valence-electron chi connectivity index (χ0n) is 11.7. The van der Waals surface area contributed by atoms with Crippen LogP contribution in [0.3, 0.4) is 0 Å². The number of amides is 1. The molecule has 9 nitrogen and oxygen atoms in total. The van der Waals surface area contributed by atoms with Gasteiger partial charge >= 0.3 is 5.69 Å². The molecular weight excluding hydrogens is 320 g/mol. The van der Waals surface area contributed by atoms with Crippen LogP contribution in [-0.2, 0) is 14.8 Å². The number of nitrogens with zero attached hydrogens (tertiary/aromatic N) is 1. The lowest BCUT2D eigenvalue weighted by Gasteiger charge is -2.12. The summed E-state index contributed by atoms with van der Waals surface area (Å²) in [5.74, 6) is -0.471. The Balaban J connectivity index is 3.03. The summed E-state index contributed by atoms with van der Waals surface area (Å²) in [5, 5.41) is 16.0.